The first-order valence-electron chi connectivity index (χ1n) is 8.43. The van der Waals surface area contributed by atoms with Crippen molar-refractivity contribution < 1.29 is 21.6 Å². The SMILES string of the molecule is O=S(=O)(c1ccc(F)c(F)c1)c1cnc2c(F)c(Cl)ccc2c1-c1ccc(Cl)cc1. The molecular weight excluding hydrogens is 458 g/mol. The Morgan fingerprint density at radius 1 is 0.833 bits per heavy atom. The molecule has 152 valence electrons. The van der Waals surface area contributed by atoms with Crippen molar-refractivity contribution in [3.63, 3.8) is 0 Å². The summed E-state index contributed by atoms with van der Waals surface area (Å²) in [7, 11) is -4.34. The average molecular weight is 468 g/mol. The number of aromatic nitrogens is 1. The van der Waals surface area contributed by atoms with Gasteiger partial charge in [0.1, 0.15) is 5.52 Å². The van der Waals surface area contributed by atoms with Gasteiger partial charge in [-0.15, -0.1) is 0 Å². The van der Waals surface area contributed by atoms with Gasteiger partial charge in [-0.25, -0.2) is 21.6 Å². The number of fused-ring (bicyclic) bond motifs is 1. The molecule has 0 aliphatic rings. The molecule has 0 amide bonds. The molecule has 0 saturated heterocycles. The van der Waals surface area contributed by atoms with E-state index < -0.39 is 32.2 Å². The van der Waals surface area contributed by atoms with E-state index in [2.05, 4.69) is 4.98 Å². The van der Waals surface area contributed by atoms with Crippen LogP contribution in [-0.2, 0) is 9.84 Å². The summed E-state index contributed by atoms with van der Waals surface area (Å²) < 4.78 is 68.1. The second-order valence-electron chi connectivity index (χ2n) is 6.34. The maximum Gasteiger partial charge on any atom is 0.208 e. The Bertz CT molecular complexity index is 1410. The summed E-state index contributed by atoms with van der Waals surface area (Å²) in [6, 6.07) is 11.2. The molecule has 4 rings (SSSR count). The Balaban J connectivity index is 2.09. The van der Waals surface area contributed by atoms with Gasteiger partial charge in [0.05, 0.1) is 14.8 Å². The molecule has 0 aliphatic carbocycles. The zero-order valence-electron chi connectivity index (χ0n) is 14.8. The molecule has 4 aromatic rings. The number of benzene rings is 3. The number of halogens is 5. The van der Waals surface area contributed by atoms with Gasteiger partial charge in [0.2, 0.25) is 9.84 Å². The third-order valence-electron chi connectivity index (χ3n) is 4.52. The highest BCUT2D eigenvalue weighted by Gasteiger charge is 2.26. The molecule has 0 unspecified atom stereocenters. The van der Waals surface area contributed by atoms with E-state index >= 15 is 0 Å². The molecule has 3 nitrogen and oxygen atoms in total. The lowest BCUT2D eigenvalue weighted by atomic mass is 10.0. The fourth-order valence-corrected chi connectivity index (χ4v) is 4.80. The van der Waals surface area contributed by atoms with Crippen LogP contribution in [0.25, 0.3) is 22.0 Å². The summed E-state index contributed by atoms with van der Waals surface area (Å²) in [5.74, 6) is -3.29. The molecule has 0 N–H and O–H groups in total. The molecule has 0 aliphatic heterocycles. The Labute approximate surface area is 179 Å². The minimum atomic E-state index is -4.34. The summed E-state index contributed by atoms with van der Waals surface area (Å²) in [4.78, 5) is 3.18. The molecule has 0 saturated carbocycles. The van der Waals surface area contributed by atoms with Crippen molar-refractivity contribution >= 4 is 43.9 Å². The van der Waals surface area contributed by atoms with E-state index in [1.54, 1.807) is 24.3 Å². The van der Waals surface area contributed by atoms with Gasteiger partial charge < -0.3 is 0 Å². The van der Waals surface area contributed by atoms with Crippen LogP contribution in [0.4, 0.5) is 13.2 Å². The monoisotopic (exact) mass is 467 g/mol. The predicted octanol–water partition coefficient (Wildman–Crippen LogP) is 6.46. The van der Waals surface area contributed by atoms with E-state index in [9.17, 15) is 21.6 Å². The molecule has 0 bridgehead atoms. The van der Waals surface area contributed by atoms with Gasteiger partial charge in [0.15, 0.2) is 17.5 Å². The normalized spacial score (nSPS) is 11.8. The Hall–Kier alpha value is -2.61. The van der Waals surface area contributed by atoms with Gasteiger partial charge in [-0.05, 0) is 42.0 Å². The minimum absolute atomic E-state index is 0.128. The van der Waals surface area contributed by atoms with Crippen LogP contribution in [0.3, 0.4) is 0 Å². The molecule has 1 aromatic heterocycles. The molecule has 0 fully saturated rings. The second-order valence-corrected chi connectivity index (χ2v) is 9.10. The molecule has 9 heteroatoms. The highest BCUT2D eigenvalue weighted by molar-refractivity contribution is 7.91. The number of sulfone groups is 1. The van der Waals surface area contributed by atoms with E-state index in [0.29, 0.717) is 16.7 Å². The van der Waals surface area contributed by atoms with Gasteiger partial charge in [0.25, 0.3) is 0 Å². The van der Waals surface area contributed by atoms with E-state index in [1.807, 2.05) is 0 Å². The van der Waals surface area contributed by atoms with Crippen molar-refractivity contribution in [3.05, 3.63) is 88.3 Å². The van der Waals surface area contributed by atoms with Crippen LogP contribution >= 0.6 is 23.2 Å². The van der Waals surface area contributed by atoms with Crippen LogP contribution in [0.15, 0.2) is 70.6 Å². The fraction of sp³-hybridized carbons (Fsp3) is 0. The number of nitrogens with zero attached hydrogens (tertiary/aromatic N) is 1. The second kappa shape index (κ2) is 7.58. The maximum atomic E-state index is 14.6. The van der Waals surface area contributed by atoms with Gasteiger partial charge in [0, 0.05) is 22.2 Å². The predicted molar refractivity (Wildman–Crippen MR) is 109 cm³/mol. The quantitative estimate of drug-likeness (QED) is 0.325. The number of pyridine rings is 1. The van der Waals surface area contributed by atoms with Gasteiger partial charge in [-0.2, -0.15) is 0 Å². The van der Waals surface area contributed by atoms with Crippen molar-refractivity contribution in [2.45, 2.75) is 9.79 Å². The van der Waals surface area contributed by atoms with Crippen molar-refractivity contribution in [2.24, 2.45) is 0 Å². The van der Waals surface area contributed by atoms with Crippen molar-refractivity contribution in [2.75, 3.05) is 0 Å². The van der Waals surface area contributed by atoms with E-state index in [-0.39, 0.29) is 26.4 Å². The van der Waals surface area contributed by atoms with Crippen molar-refractivity contribution in [1.82, 2.24) is 4.98 Å². The minimum Gasteiger partial charge on any atom is -0.252 e. The van der Waals surface area contributed by atoms with Gasteiger partial charge in [-0.1, -0.05) is 41.4 Å². The summed E-state index contributed by atoms with van der Waals surface area (Å²) in [6.07, 6.45) is 0.974. The third kappa shape index (κ3) is 3.43. The van der Waals surface area contributed by atoms with E-state index in [4.69, 9.17) is 23.2 Å². The highest BCUT2D eigenvalue weighted by Crippen LogP contribution is 2.38. The summed E-state index contributed by atoms with van der Waals surface area (Å²) in [6.45, 7) is 0. The molecule has 0 spiro atoms. The average Bonchev–Trinajstić information content (AvgIpc) is 2.72. The zero-order valence-corrected chi connectivity index (χ0v) is 17.2. The number of hydrogen-bond acceptors (Lipinski definition) is 3. The standard InChI is InChI=1S/C21H10Cl2F3NO2S/c22-12-3-1-11(2-4-12)19-14-6-7-15(23)20(26)21(14)27-10-18(19)30(28,29)13-5-8-16(24)17(25)9-13/h1-10H. The lowest BCUT2D eigenvalue weighted by Crippen LogP contribution is -2.07. The van der Waals surface area contributed by atoms with E-state index in [1.165, 1.54) is 12.1 Å². The maximum absolute atomic E-state index is 14.6. The van der Waals surface area contributed by atoms with Crippen LogP contribution < -0.4 is 0 Å². The largest absolute Gasteiger partial charge is 0.252 e. The first kappa shape index (κ1) is 20.7. The van der Waals surface area contributed by atoms with Crippen LogP contribution in [0, 0.1) is 17.5 Å². The van der Waals surface area contributed by atoms with Crippen molar-refractivity contribution in [1.29, 1.82) is 0 Å². The molecule has 0 atom stereocenters. The Morgan fingerprint density at radius 3 is 2.20 bits per heavy atom. The fourth-order valence-electron chi connectivity index (χ4n) is 3.08. The number of rotatable bonds is 3. The van der Waals surface area contributed by atoms with Crippen LogP contribution in [0.2, 0.25) is 10.0 Å². The summed E-state index contributed by atoms with van der Waals surface area (Å²) in [5, 5.41) is 0.424. The smallest absolute Gasteiger partial charge is 0.208 e. The van der Waals surface area contributed by atoms with Gasteiger partial charge in [-0.3, -0.25) is 4.98 Å². The third-order valence-corrected chi connectivity index (χ3v) is 6.83. The number of hydrogen-bond donors (Lipinski definition) is 0. The molecule has 30 heavy (non-hydrogen) atoms. The van der Waals surface area contributed by atoms with Crippen LogP contribution in [0.5, 0.6) is 0 Å². The Morgan fingerprint density at radius 2 is 1.53 bits per heavy atom. The van der Waals surface area contributed by atoms with E-state index in [0.717, 1.165) is 18.3 Å². The molecule has 1 heterocycles. The first-order valence-corrected chi connectivity index (χ1v) is 10.7. The first-order chi connectivity index (χ1) is 14.2. The molecule has 0 radical (unpaired) electrons. The summed E-state index contributed by atoms with van der Waals surface area (Å²) in [5.41, 5.74) is 0.420. The summed E-state index contributed by atoms with van der Waals surface area (Å²) >= 11 is 11.8. The zero-order chi connectivity index (χ0) is 21.6. The topological polar surface area (TPSA) is 47.0 Å². The Kier molecular flexibility index (Phi) is 5.22. The lowest BCUT2D eigenvalue weighted by Gasteiger charge is -2.15. The van der Waals surface area contributed by atoms with Crippen LogP contribution in [-0.4, -0.2) is 13.4 Å². The molecular formula is C21H10Cl2F3NO2S. The lowest BCUT2D eigenvalue weighted by molar-refractivity contribution is 0.504. The van der Waals surface area contributed by atoms with Crippen molar-refractivity contribution in [3.8, 4) is 11.1 Å². The molecule has 3 aromatic carbocycles. The highest BCUT2D eigenvalue weighted by atomic mass is 35.5. The van der Waals surface area contributed by atoms with Gasteiger partial charge >= 0.3 is 0 Å². The van der Waals surface area contributed by atoms with Crippen LogP contribution in [0.1, 0.15) is 0 Å².